The van der Waals surface area contributed by atoms with Crippen LogP contribution >= 0.6 is 0 Å². The molecule has 0 rings (SSSR count). The van der Waals surface area contributed by atoms with Crippen molar-refractivity contribution in [3.63, 3.8) is 0 Å². The van der Waals surface area contributed by atoms with Crippen LogP contribution in [0.1, 0.15) is 0 Å². The summed E-state index contributed by atoms with van der Waals surface area (Å²) in [5, 5.41) is 43.1. The number of rotatable bonds is 5. The Morgan fingerprint density at radius 1 is 1.38 bits per heavy atom. The number of hydrogen-bond acceptors (Lipinski definition) is 6. The van der Waals surface area contributed by atoms with Gasteiger partial charge in [0.2, 0.25) is 0 Å². The summed E-state index contributed by atoms with van der Waals surface area (Å²) in [5.74, 6) is -3.64. The van der Waals surface area contributed by atoms with E-state index in [1.807, 2.05) is 0 Å². The molecule has 0 heterocycles. The molecule has 0 saturated carbocycles. The molecule has 0 radical (unpaired) electrons. The third kappa shape index (κ3) is 2.98. The van der Waals surface area contributed by atoms with Gasteiger partial charge in [-0.2, -0.15) is 0 Å². The Morgan fingerprint density at radius 3 is 2.15 bits per heavy atom. The fraction of sp³-hybridized carbons (Fsp3) is 0.833. The number of aldehydes is 1. The minimum absolute atomic E-state index is 0.620. The summed E-state index contributed by atoms with van der Waals surface area (Å²) in [4.78, 5) is 9.84. The van der Waals surface area contributed by atoms with E-state index in [0.717, 1.165) is 0 Å². The molecule has 0 aromatic heterocycles. The van der Waals surface area contributed by atoms with Gasteiger partial charge in [-0.25, -0.2) is 4.39 Å². The summed E-state index contributed by atoms with van der Waals surface area (Å²) < 4.78 is 12.5. The number of aliphatic hydroxyl groups is 5. The largest absolute Gasteiger partial charge is 0.394 e. The van der Waals surface area contributed by atoms with Gasteiger partial charge in [-0.3, -0.25) is 4.79 Å². The van der Waals surface area contributed by atoms with Gasteiger partial charge in [0.15, 0.2) is 6.29 Å². The van der Waals surface area contributed by atoms with Gasteiger partial charge in [-0.1, -0.05) is 0 Å². The summed E-state index contributed by atoms with van der Waals surface area (Å²) in [5.41, 5.74) is 0. The quantitative estimate of drug-likeness (QED) is 0.299. The van der Waals surface area contributed by atoms with E-state index in [2.05, 4.69) is 0 Å². The van der Waals surface area contributed by atoms with Crippen LogP contribution in [0.3, 0.4) is 0 Å². The van der Waals surface area contributed by atoms with Gasteiger partial charge in [0, 0.05) is 0 Å². The van der Waals surface area contributed by atoms with Crippen molar-refractivity contribution >= 4 is 6.29 Å². The van der Waals surface area contributed by atoms with Gasteiger partial charge in [0.05, 0.1) is 6.61 Å². The Hall–Kier alpha value is -0.600. The summed E-state index contributed by atoms with van der Waals surface area (Å²) in [6.45, 7) is -0.937. The van der Waals surface area contributed by atoms with Crippen molar-refractivity contribution in [2.24, 2.45) is 0 Å². The standard InChI is InChI=1S/C6H11FO6/c7-6(13,2-9)5(12)4(11)3(10)1-8/h2-5,8,10-13H,1H2/t3-,4-,5+,6+/m1/s1. The molecule has 0 saturated heterocycles. The summed E-state index contributed by atoms with van der Waals surface area (Å²) >= 11 is 0. The molecular weight excluding hydrogens is 187 g/mol. The average Bonchev–Trinajstić information content (AvgIpc) is 2.14. The van der Waals surface area contributed by atoms with E-state index < -0.39 is 37.1 Å². The van der Waals surface area contributed by atoms with Crippen LogP contribution < -0.4 is 0 Å². The van der Waals surface area contributed by atoms with E-state index in [9.17, 15) is 9.18 Å². The first-order chi connectivity index (χ1) is 5.86. The molecule has 78 valence electrons. The van der Waals surface area contributed by atoms with Gasteiger partial charge in [-0.15, -0.1) is 0 Å². The van der Waals surface area contributed by atoms with Gasteiger partial charge in [0.25, 0.3) is 5.85 Å². The maximum atomic E-state index is 12.5. The van der Waals surface area contributed by atoms with E-state index in [1.54, 1.807) is 0 Å². The Kier molecular flexibility index (Phi) is 4.37. The maximum Gasteiger partial charge on any atom is 0.291 e. The minimum atomic E-state index is -3.64. The van der Waals surface area contributed by atoms with Crippen LogP contribution in [0.25, 0.3) is 0 Å². The number of hydrogen-bond donors (Lipinski definition) is 5. The normalized spacial score (nSPS) is 22.9. The van der Waals surface area contributed by atoms with Crippen molar-refractivity contribution in [3.05, 3.63) is 0 Å². The van der Waals surface area contributed by atoms with Crippen LogP contribution in [-0.4, -0.2) is 62.6 Å². The van der Waals surface area contributed by atoms with Gasteiger partial charge >= 0.3 is 0 Å². The molecule has 4 atom stereocenters. The topological polar surface area (TPSA) is 118 Å². The molecular formula is C6H11FO6. The molecule has 7 heteroatoms. The Balaban J connectivity index is 4.40. The second kappa shape index (κ2) is 4.58. The Morgan fingerprint density at radius 2 is 1.85 bits per heavy atom. The predicted octanol–water partition coefficient (Wildman–Crippen LogP) is -3.08. The summed E-state index contributed by atoms with van der Waals surface area (Å²) in [6, 6.07) is 0. The van der Waals surface area contributed by atoms with Crippen LogP contribution in [-0.2, 0) is 4.79 Å². The first-order valence-electron chi connectivity index (χ1n) is 3.39. The lowest BCUT2D eigenvalue weighted by Gasteiger charge is -2.26. The zero-order chi connectivity index (χ0) is 10.6. The zero-order valence-electron chi connectivity index (χ0n) is 6.54. The van der Waals surface area contributed by atoms with E-state index in [1.165, 1.54) is 0 Å². The molecule has 0 aromatic rings. The molecule has 0 fully saturated rings. The first-order valence-corrected chi connectivity index (χ1v) is 3.39. The van der Waals surface area contributed by atoms with Crippen molar-refractivity contribution in [1.29, 1.82) is 0 Å². The van der Waals surface area contributed by atoms with Crippen molar-refractivity contribution < 1.29 is 34.7 Å². The second-order valence-electron chi connectivity index (χ2n) is 2.53. The highest BCUT2D eigenvalue weighted by molar-refractivity contribution is 5.60. The van der Waals surface area contributed by atoms with Crippen LogP contribution in [0.15, 0.2) is 0 Å². The first kappa shape index (κ1) is 12.4. The molecule has 13 heavy (non-hydrogen) atoms. The lowest BCUT2D eigenvalue weighted by Crippen LogP contribution is -2.52. The second-order valence-corrected chi connectivity index (χ2v) is 2.53. The molecule has 0 bridgehead atoms. The van der Waals surface area contributed by atoms with Crippen LogP contribution in [0.2, 0.25) is 0 Å². The molecule has 0 spiro atoms. The van der Waals surface area contributed by atoms with Crippen LogP contribution in [0.5, 0.6) is 0 Å². The van der Waals surface area contributed by atoms with Crippen LogP contribution in [0, 0.1) is 0 Å². The molecule has 0 aliphatic rings. The third-order valence-electron chi connectivity index (χ3n) is 1.48. The minimum Gasteiger partial charge on any atom is -0.394 e. The van der Waals surface area contributed by atoms with Crippen molar-refractivity contribution in [1.82, 2.24) is 0 Å². The highest BCUT2D eigenvalue weighted by atomic mass is 19.2. The number of alkyl halides is 1. The molecule has 6 nitrogen and oxygen atoms in total. The van der Waals surface area contributed by atoms with Crippen molar-refractivity contribution in [2.75, 3.05) is 6.61 Å². The van der Waals surface area contributed by atoms with Crippen molar-refractivity contribution in [2.45, 2.75) is 24.2 Å². The smallest absolute Gasteiger partial charge is 0.291 e. The highest BCUT2D eigenvalue weighted by Gasteiger charge is 2.42. The Bertz CT molecular complexity index is 173. The molecule has 0 unspecified atom stereocenters. The third-order valence-corrected chi connectivity index (χ3v) is 1.48. The van der Waals surface area contributed by atoms with Gasteiger partial charge < -0.3 is 25.5 Å². The monoisotopic (exact) mass is 198 g/mol. The van der Waals surface area contributed by atoms with Crippen LogP contribution in [0.4, 0.5) is 4.39 Å². The fourth-order valence-electron chi connectivity index (χ4n) is 0.628. The zero-order valence-corrected chi connectivity index (χ0v) is 6.54. The van der Waals surface area contributed by atoms with Gasteiger partial charge in [-0.05, 0) is 0 Å². The fourth-order valence-corrected chi connectivity index (χ4v) is 0.628. The lowest BCUT2D eigenvalue weighted by molar-refractivity contribution is -0.205. The highest BCUT2D eigenvalue weighted by Crippen LogP contribution is 2.15. The molecule has 5 N–H and O–H groups in total. The summed E-state index contributed by atoms with van der Waals surface area (Å²) in [6.07, 6.45) is -7.11. The van der Waals surface area contributed by atoms with E-state index >= 15 is 0 Å². The maximum absolute atomic E-state index is 12.5. The Labute approximate surface area is 72.9 Å². The van der Waals surface area contributed by atoms with Crippen molar-refractivity contribution in [3.8, 4) is 0 Å². The number of aliphatic hydroxyl groups excluding tert-OH is 4. The molecule has 0 aliphatic heterocycles. The predicted molar refractivity (Wildman–Crippen MR) is 37.2 cm³/mol. The molecule has 0 aliphatic carbocycles. The van der Waals surface area contributed by atoms with E-state index in [0.29, 0.717) is 0 Å². The SMILES string of the molecule is O=C[C@@](O)(F)[C@@H](O)[C@H](O)[C@H](O)CO. The summed E-state index contributed by atoms with van der Waals surface area (Å²) in [7, 11) is 0. The average molecular weight is 198 g/mol. The number of carbonyl (C=O) groups is 1. The van der Waals surface area contributed by atoms with Gasteiger partial charge in [0.1, 0.15) is 18.3 Å². The molecule has 0 amide bonds. The van der Waals surface area contributed by atoms with E-state index in [-0.39, 0.29) is 0 Å². The number of carbonyl (C=O) groups excluding carboxylic acids is 1. The molecule has 0 aromatic carbocycles. The van der Waals surface area contributed by atoms with E-state index in [4.69, 9.17) is 25.5 Å². The lowest BCUT2D eigenvalue weighted by atomic mass is 10.0. The number of halogens is 1.